The number of fused-ring (bicyclic) bond motifs is 1. The number of rotatable bonds is 6. The highest BCUT2D eigenvalue weighted by Gasteiger charge is 2.24. The van der Waals surface area contributed by atoms with Crippen LogP contribution in [0.5, 0.6) is 0 Å². The van der Waals surface area contributed by atoms with Crippen molar-refractivity contribution in [1.82, 2.24) is 20.2 Å². The minimum Gasteiger partial charge on any atom is -0.362 e. The lowest BCUT2D eigenvalue weighted by atomic mass is 10.1. The van der Waals surface area contributed by atoms with Gasteiger partial charge in [0, 0.05) is 44.0 Å². The third-order valence-corrected chi connectivity index (χ3v) is 8.16. The molecule has 2 aromatic heterocycles. The van der Waals surface area contributed by atoms with Gasteiger partial charge in [-0.05, 0) is 49.2 Å². The quantitative estimate of drug-likeness (QED) is 0.369. The van der Waals surface area contributed by atoms with Gasteiger partial charge in [-0.15, -0.1) is 11.3 Å². The summed E-state index contributed by atoms with van der Waals surface area (Å²) in [4.78, 5) is 17.2. The maximum absolute atomic E-state index is 5.71. The molecule has 35 heavy (non-hydrogen) atoms. The first-order valence-corrected chi connectivity index (χ1v) is 13.4. The van der Waals surface area contributed by atoms with Gasteiger partial charge in [0.05, 0.1) is 5.39 Å². The second-order valence-corrected chi connectivity index (χ2v) is 10.6. The number of benzene rings is 2. The van der Waals surface area contributed by atoms with Gasteiger partial charge in [0.1, 0.15) is 16.5 Å². The molecule has 0 atom stereocenters. The molecule has 1 aliphatic rings. The zero-order valence-corrected chi connectivity index (χ0v) is 22.0. The molecule has 2 aromatic carbocycles. The highest BCUT2D eigenvalue weighted by molar-refractivity contribution is 7.80. The Morgan fingerprint density at radius 1 is 0.914 bits per heavy atom. The molecule has 1 aliphatic heterocycles. The van der Waals surface area contributed by atoms with Crippen LogP contribution < -0.4 is 10.2 Å². The Morgan fingerprint density at radius 3 is 2.26 bits per heavy atom. The molecular formula is C28H31N5S2. The van der Waals surface area contributed by atoms with Crippen LogP contribution in [0.15, 0.2) is 60.7 Å². The second-order valence-electron chi connectivity index (χ2n) is 9.03. The van der Waals surface area contributed by atoms with Crippen LogP contribution in [0.4, 0.5) is 5.82 Å². The van der Waals surface area contributed by atoms with Crippen LogP contribution in [0.2, 0.25) is 0 Å². The van der Waals surface area contributed by atoms with Gasteiger partial charge in [-0.2, -0.15) is 0 Å². The van der Waals surface area contributed by atoms with Crippen molar-refractivity contribution < 1.29 is 0 Å². The largest absolute Gasteiger partial charge is 0.362 e. The van der Waals surface area contributed by atoms with Gasteiger partial charge in [-0.1, -0.05) is 60.7 Å². The SMILES string of the molecule is Cc1sc2nc(Cc3ccccc3)nc(N3CCN(C(=S)NCCc4ccccc4)CC3)c2c1C. The van der Waals surface area contributed by atoms with Crippen molar-refractivity contribution in [2.24, 2.45) is 0 Å². The van der Waals surface area contributed by atoms with Crippen LogP contribution in [-0.2, 0) is 12.8 Å². The molecule has 5 rings (SSSR count). The predicted octanol–water partition coefficient (Wildman–Crippen LogP) is 5.14. The number of nitrogens with zero attached hydrogens (tertiary/aromatic N) is 4. The van der Waals surface area contributed by atoms with E-state index < -0.39 is 0 Å². The predicted molar refractivity (Wildman–Crippen MR) is 151 cm³/mol. The zero-order chi connectivity index (χ0) is 24.2. The summed E-state index contributed by atoms with van der Waals surface area (Å²) < 4.78 is 0. The average Bonchev–Trinajstić information content (AvgIpc) is 3.18. The van der Waals surface area contributed by atoms with Crippen molar-refractivity contribution in [2.75, 3.05) is 37.6 Å². The normalized spacial score (nSPS) is 13.9. The highest BCUT2D eigenvalue weighted by Crippen LogP contribution is 2.35. The summed E-state index contributed by atoms with van der Waals surface area (Å²) >= 11 is 7.49. The first-order chi connectivity index (χ1) is 17.1. The molecule has 7 heteroatoms. The van der Waals surface area contributed by atoms with Gasteiger partial charge in [-0.3, -0.25) is 0 Å². The van der Waals surface area contributed by atoms with Crippen molar-refractivity contribution in [3.8, 4) is 0 Å². The molecular weight excluding hydrogens is 470 g/mol. The van der Waals surface area contributed by atoms with E-state index >= 15 is 0 Å². The second kappa shape index (κ2) is 10.7. The third-order valence-electron chi connectivity index (χ3n) is 6.66. The van der Waals surface area contributed by atoms with E-state index in [9.17, 15) is 0 Å². The summed E-state index contributed by atoms with van der Waals surface area (Å²) in [5.41, 5.74) is 3.86. The Balaban J connectivity index is 1.27. The van der Waals surface area contributed by atoms with E-state index in [0.717, 1.165) is 67.2 Å². The van der Waals surface area contributed by atoms with Crippen LogP contribution in [0.25, 0.3) is 10.2 Å². The van der Waals surface area contributed by atoms with Crippen LogP contribution in [0.3, 0.4) is 0 Å². The number of aromatic nitrogens is 2. The molecule has 0 bridgehead atoms. The summed E-state index contributed by atoms with van der Waals surface area (Å²) in [5.74, 6) is 1.96. The molecule has 4 aromatic rings. The Morgan fingerprint density at radius 2 is 1.57 bits per heavy atom. The highest BCUT2D eigenvalue weighted by atomic mass is 32.1. The molecule has 5 nitrogen and oxygen atoms in total. The summed E-state index contributed by atoms with van der Waals surface area (Å²) in [5, 5.41) is 5.51. The Labute approximate surface area is 216 Å². The van der Waals surface area contributed by atoms with E-state index in [1.807, 2.05) is 6.07 Å². The Hall–Kier alpha value is -3.03. The minimum atomic E-state index is 0.745. The number of aryl methyl sites for hydroxylation is 2. The molecule has 0 unspecified atom stereocenters. The molecule has 1 fully saturated rings. The smallest absolute Gasteiger partial charge is 0.169 e. The third kappa shape index (κ3) is 5.46. The maximum atomic E-state index is 5.71. The standard InChI is InChI=1S/C28H31N5S2/c1-20-21(2)35-27-25(20)26(30-24(31-27)19-23-11-7-4-8-12-23)32-15-17-33(18-16-32)28(34)29-14-13-22-9-5-3-6-10-22/h3-12H,13-19H2,1-2H3,(H,29,34). The number of thiocarbonyl (C=S) groups is 1. The Bertz CT molecular complexity index is 1300. The topological polar surface area (TPSA) is 44.3 Å². The number of hydrogen-bond donors (Lipinski definition) is 1. The van der Waals surface area contributed by atoms with E-state index in [0.29, 0.717) is 0 Å². The fourth-order valence-electron chi connectivity index (χ4n) is 4.55. The molecule has 1 N–H and O–H groups in total. The van der Waals surface area contributed by atoms with Gasteiger partial charge in [0.15, 0.2) is 5.11 Å². The summed E-state index contributed by atoms with van der Waals surface area (Å²) in [7, 11) is 0. The first kappa shape index (κ1) is 23.7. The van der Waals surface area contributed by atoms with Crippen LogP contribution in [0.1, 0.15) is 27.4 Å². The average molecular weight is 502 g/mol. The van der Waals surface area contributed by atoms with E-state index in [-0.39, 0.29) is 0 Å². The molecule has 0 spiro atoms. The van der Waals surface area contributed by atoms with Crippen LogP contribution in [-0.4, -0.2) is 52.7 Å². The molecule has 3 heterocycles. The van der Waals surface area contributed by atoms with Gasteiger partial charge in [-0.25, -0.2) is 9.97 Å². The van der Waals surface area contributed by atoms with Crippen LogP contribution >= 0.6 is 23.6 Å². The summed E-state index contributed by atoms with van der Waals surface area (Å²) in [6, 6.07) is 21.0. The first-order valence-electron chi connectivity index (χ1n) is 12.2. The van der Waals surface area contributed by atoms with E-state index in [1.54, 1.807) is 11.3 Å². The van der Waals surface area contributed by atoms with Crippen molar-refractivity contribution >= 4 is 44.7 Å². The van der Waals surface area contributed by atoms with Crippen molar-refractivity contribution in [2.45, 2.75) is 26.7 Å². The summed E-state index contributed by atoms with van der Waals surface area (Å²) in [6.45, 7) is 8.79. The molecule has 0 saturated carbocycles. The lowest BCUT2D eigenvalue weighted by molar-refractivity contribution is 0.379. The fraction of sp³-hybridized carbons (Fsp3) is 0.321. The summed E-state index contributed by atoms with van der Waals surface area (Å²) in [6.07, 6.45) is 1.72. The van der Waals surface area contributed by atoms with Crippen LogP contribution in [0, 0.1) is 13.8 Å². The van der Waals surface area contributed by atoms with Crippen molar-refractivity contribution in [3.05, 3.63) is 88.1 Å². The minimum absolute atomic E-state index is 0.745. The molecule has 0 amide bonds. The lowest BCUT2D eigenvalue weighted by Crippen LogP contribution is -2.52. The fourth-order valence-corrected chi connectivity index (χ4v) is 5.88. The van der Waals surface area contributed by atoms with Gasteiger partial charge >= 0.3 is 0 Å². The maximum Gasteiger partial charge on any atom is 0.169 e. The molecule has 1 saturated heterocycles. The van der Waals surface area contributed by atoms with Crippen molar-refractivity contribution in [3.63, 3.8) is 0 Å². The van der Waals surface area contributed by atoms with Gasteiger partial charge < -0.3 is 15.1 Å². The number of nitrogens with one attached hydrogen (secondary N) is 1. The molecule has 0 aliphatic carbocycles. The van der Waals surface area contributed by atoms with Gasteiger partial charge in [0.2, 0.25) is 0 Å². The van der Waals surface area contributed by atoms with E-state index in [4.69, 9.17) is 22.2 Å². The molecule has 0 radical (unpaired) electrons. The number of anilines is 1. The van der Waals surface area contributed by atoms with Gasteiger partial charge in [0.25, 0.3) is 0 Å². The van der Waals surface area contributed by atoms with E-state index in [2.05, 4.69) is 83.6 Å². The lowest BCUT2D eigenvalue weighted by Gasteiger charge is -2.37. The number of thiophene rings is 1. The molecule has 180 valence electrons. The zero-order valence-electron chi connectivity index (χ0n) is 20.3. The number of piperazine rings is 1. The van der Waals surface area contributed by atoms with Crippen molar-refractivity contribution in [1.29, 1.82) is 0 Å². The monoisotopic (exact) mass is 501 g/mol. The Kier molecular flexibility index (Phi) is 7.25. The number of hydrogen-bond acceptors (Lipinski definition) is 5. The van der Waals surface area contributed by atoms with E-state index in [1.165, 1.54) is 27.0 Å².